The largest absolute Gasteiger partial charge is 0.490 e. The molecule has 0 saturated heterocycles. The van der Waals surface area contributed by atoms with Gasteiger partial charge in [0.1, 0.15) is 0 Å². The van der Waals surface area contributed by atoms with Crippen LogP contribution in [-0.4, -0.2) is 34.3 Å². The molecule has 0 fully saturated rings. The first-order valence-corrected chi connectivity index (χ1v) is 8.36. The van der Waals surface area contributed by atoms with Crippen molar-refractivity contribution in [2.24, 2.45) is 5.10 Å². The lowest BCUT2D eigenvalue weighted by molar-refractivity contribution is -0.147. The van der Waals surface area contributed by atoms with Gasteiger partial charge in [-0.3, -0.25) is 0 Å². The highest BCUT2D eigenvalue weighted by Crippen LogP contribution is 2.36. The molecule has 11 heteroatoms. The van der Waals surface area contributed by atoms with Crippen LogP contribution in [0.4, 0.5) is 13.2 Å². The third-order valence-corrected chi connectivity index (χ3v) is 3.70. The first kappa shape index (κ1) is 19.4. The number of alkyl halides is 3. The lowest BCUT2D eigenvalue weighted by atomic mass is 10.2. The molecule has 1 aromatic carbocycles. The molecule has 136 valence electrons. The molecule has 0 atom stereocenters. The Bertz CT molecular complexity index is 832. The van der Waals surface area contributed by atoms with Crippen LogP contribution in [0.2, 0.25) is 0 Å². The number of hydrogen-bond donors (Lipinski definition) is 1. The first-order valence-electron chi connectivity index (χ1n) is 7.16. The number of rotatable bonds is 6. The van der Waals surface area contributed by atoms with Crippen LogP contribution in [0.25, 0.3) is 0 Å². The van der Waals surface area contributed by atoms with E-state index in [0.717, 1.165) is 0 Å². The summed E-state index contributed by atoms with van der Waals surface area (Å²) in [5.41, 5.74) is 0.495. The monoisotopic (exact) mass is 438 g/mol. The number of ether oxygens (including phenoxy) is 2. The summed E-state index contributed by atoms with van der Waals surface area (Å²) in [6, 6.07) is 3.26. The molecule has 6 nitrogen and oxygen atoms in total. The highest BCUT2D eigenvalue weighted by molar-refractivity contribution is 9.10. The molecule has 0 radical (unpaired) electrons. The van der Waals surface area contributed by atoms with Crippen molar-refractivity contribution in [3.63, 3.8) is 0 Å². The molecule has 1 N–H and O–H groups in total. The van der Waals surface area contributed by atoms with E-state index in [9.17, 15) is 13.2 Å². The van der Waals surface area contributed by atoms with Crippen molar-refractivity contribution in [1.82, 2.24) is 14.9 Å². The number of halogens is 4. The second-order valence-electron chi connectivity index (χ2n) is 4.60. The molecule has 0 unspecified atom stereocenters. The zero-order chi connectivity index (χ0) is 18.6. The fraction of sp³-hybridized carbons (Fsp3) is 0.357. The number of hydrogen-bond acceptors (Lipinski definition) is 5. The molecular formula is C14H14BrF3N4O2S. The molecule has 2 aromatic rings. The number of nitrogens with zero attached hydrogens (tertiary/aromatic N) is 3. The average Bonchev–Trinajstić information content (AvgIpc) is 2.90. The summed E-state index contributed by atoms with van der Waals surface area (Å²) >= 11 is 8.14. The molecule has 1 aromatic heterocycles. The van der Waals surface area contributed by atoms with Crippen molar-refractivity contribution in [2.45, 2.75) is 20.0 Å². The summed E-state index contributed by atoms with van der Waals surface area (Å²) in [4.78, 5) is 0. The Kier molecular flexibility index (Phi) is 6.22. The van der Waals surface area contributed by atoms with Gasteiger partial charge in [-0.15, -0.1) is 5.10 Å². The second-order valence-corrected chi connectivity index (χ2v) is 5.84. The zero-order valence-electron chi connectivity index (χ0n) is 13.2. The van der Waals surface area contributed by atoms with Crippen molar-refractivity contribution < 1.29 is 22.6 Å². The third kappa shape index (κ3) is 4.60. The highest BCUT2D eigenvalue weighted by atomic mass is 79.9. The minimum absolute atomic E-state index is 0.265. The minimum Gasteiger partial charge on any atom is -0.490 e. The average molecular weight is 439 g/mol. The van der Waals surface area contributed by atoms with Crippen LogP contribution in [-0.2, 0) is 6.18 Å². The van der Waals surface area contributed by atoms with Gasteiger partial charge in [-0.1, -0.05) is 0 Å². The van der Waals surface area contributed by atoms with Crippen LogP contribution < -0.4 is 9.47 Å². The maximum Gasteiger partial charge on any atom is 0.453 e. The number of H-pyrrole nitrogens is 1. The van der Waals surface area contributed by atoms with E-state index in [1.807, 2.05) is 13.8 Å². The summed E-state index contributed by atoms with van der Waals surface area (Å²) in [7, 11) is 0. The Hall–Kier alpha value is -1.88. The fourth-order valence-electron chi connectivity index (χ4n) is 1.92. The van der Waals surface area contributed by atoms with Gasteiger partial charge in [0, 0.05) is 0 Å². The Morgan fingerprint density at radius 2 is 2.00 bits per heavy atom. The molecule has 1 heterocycles. The fourth-order valence-corrected chi connectivity index (χ4v) is 2.67. The van der Waals surface area contributed by atoms with E-state index >= 15 is 0 Å². The Morgan fingerprint density at radius 1 is 1.32 bits per heavy atom. The van der Waals surface area contributed by atoms with E-state index in [-0.39, 0.29) is 4.77 Å². The van der Waals surface area contributed by atoms with Gasteiger partial charge in [-0.25, -0.2) is 5.10 Å². The topological polar surface area (TPSA) is 64.4 Å². The molecule has 25 heavy (non-hydrogen) atoms. The number of nitrogens with one attached hydrogen (secondary N) is 1. The molecule has 2 rings (SSSR count). The lowest BCUT2D eigenvalue weighted by Gasteiger charge is -2.13. The van der Waals surface area contributed by atoms with Crippen molar-refractivity contribution in [3.8, 4) is 11.5 Å². The molecule has 0 aliphatic heterocycles. The van der Waals surface area contributed by atoms with E-state index in [4.69, 9.17) is 21.7 Å². The van der Waals surface area contributed by atoms with Crippen LogP contribution in [0.3, 0.4) is 0 Å². The molecule has 0 saturated carbocycles. The van der Waals surface area contributed by atoms with E-state index in [2.05, 4.69) is 31.2 Å². The molecular weight excluding hydrogens is 425 g/mol. The summed E-state index contributed by atoms with van der Waals surface area (Å²) in [6.45, 7) is 4.48. The van der Waals surface area contributed by atoms with E-state index in [1.165, 1.54) is 6.21 Å². The number of aromatic nitrogens is 3. The van der Waals surface area contributed by atoms with Crippen LogP contribution >= 0.6 is 28.1 Å². The van der Waals surface area contributed by atoms with Gasteiger partial charge in [-0.05, 0) is 59.7 Å². The molecule has 0 spiro atoms. The SMILES string of the molecule is CCOc1cc(/C=N\n2c(C(F)(F)F)n[nH]c2=S)cc(Br)c1OCC. The predicted octanol–water partition coefficient (Wildman–Crippen LogP) is 4.40. The summed E-state index contributed by atoms with van der Waals surface area (Å²) in [5, 5.41) is 9.01. The van der Waals surface area contributed by atoms with Crippen LogP contribution in [0.5, 0.6) is 11.5 Å². The van der Waals surface area contributed by atoms with Crippen LogP contribution in [0.1, 0.15) is 25.2 Å². The Balaban J connectivity index is 2.43. The molecule has 0 amide bonds. The van der Waals surface area contributed by atoms with Gasteiger partial charge < -0.3 is 9.47 Å². The first-order chi connectivity index (χ1) is 11.8. The maximum absolute atomic E-state index is 12.9. The van der Waals surface area contributed by atoms with E-state index in [1.54, 1.807) is 12.1 Å². The second kappa shape index (κ2) is 8.00. The standard InChI is InChI=1S/C14H14BrF3N4O2S/c1-3-23-10-6-8(5-9(15)11(10)24-4-2)7-19-22-12(14(16,17)18)20-21-13(22)25/h5-7H,3-4H2,1-2H3,(H,21,25)/b19-7-. The van der Waals surface area contributed by atoms with Crippen LogP contribution in [0.15, 0.2) is 21.7 Å². The van der Waals surface area contributed by atoms with Crippen molar-refractivity contribution in [2.75, 3.05) is 13.2 Å². The van der Waals surface area contributed by atoms with Gasteiger partial charge in [-0.2, -0.15) is 22.9 Å². The Morgan fingerprint density at radius 3 is 2.60 bits per heavy atom. The normalized spacial score (nSPS) is 11.9. The quantitative estimate of drug-likeness (QED) is 0.536. The zero-order valence-corrected chi connectivity index (χ0v) is 15.6. The summed E-state index contributed by atoms with van der Waals surface area (Å²) < 4.78 is 50.5. The van der Waals surface area contributed by atoms with Gasteiger partial charge in [0.05, 0.1) is 23.9 Å². The number of aromatic amines is 1. The smallest absolute Gasteiger partial charge is 0.453 e. The van der Waals surface area contributed by atoms with E-state index in [0.29, 0.717) is 39.4 Å². The third-order valence-electron chi connectivity index (χ3n) is 2.85. The van der Waals surface area contributed by atoms with Crippen molar-refractivity contribution >= 4 is 34.4 Å². The minimum atomic E-state index is -4.68. The van der Waals surface area contributed by atoms with Gasteiger partial charge >= 0.3 is 6.18 Å². The summed E-state index contributed by atoms with van der Waals surface area (Å²) in [5.74, 6) is -0.270. The highest BCUT2D eigenvalue weighted by Gasteiger charge is 2.37. The van der Waals surface area contributed by atoms with Crippen molar-refractivity contribution in [1.29, 1.82) is 0 Å². The summed E-state index contributed by atoms with van der Waals surface area (Å²) in [6.07, 6.45) is -3.45. The van der Waals surface area contributed by atoms with Crippen LogP contribution in [0, 0.1) is 4.77 Å². The molecule has 0 aliphatic rings. The number of benzene rings is 1. The van der Waals surface area contributed by atoms with Gasteiger partial charge in [0.2, 0.25) is 4.77 Å². The molecule has 0 bridgehead atoms. The molecule has 0 aliphatic carbocycles. The van der Waals surface area contributed by atoms with Crippen molar-refractivity contribution in [3.05, 3.63) is 32.8 Å². The van der Waals surface area contributed by atoms with Gasteiger partial charge in [0.25, 0.3) is 5.82 Å². The Labute approximate surface area is 154 Å². The van der Waals surface area contributed by atoms with E-state index < -0.39 is 12.0 Å². The van der Waals surface area contributed by atoms with Gasteiger partial charge in [0.15, 0.2) is 11.5 Å². The maximum atomic E-state index is 12.9. The lowest BCUT2D eigenvalue weighted by Crippen LogP contribution is -2.12. The predicted molar refractivity (Wildman–Crippen MR) is 91.9 cm³/mol.